The highest BCUT2D eigenvalue weighted by Crippen LogP contribution is 2.28. The number of fused-ring (bicyclic) bond motifs is 1. The molecule has 1 N–H and O–H groups in total. The summed E-state index contributed by atoms with van der Waals surface area (Å²) in [5.41, 5.74) is 4.52. The summed E-state index contributed by atoms with van der Waals surface area (Å²) >= 11 is 0. The average molecular weight is 369 g/mol. The van der Waals surface area contributed by atoms with Crippen LogP contribution in [-0.2, 0) is 6.42 Å². The molecular formula is C24H21N2O2+. The zero-order valence-electron chi connectivity index (χ0n) is 15.9. The van der Waals surface area contributed by atoms with Crippen LogP contribution in [0.4, 0.5) is 5.69 Å². The number of benzene rings is 2. The Kier molecular flexibility index (Phi) is 4.62. The van der Waals surface area contributed by atoms with Crippen LogP contribution in [0.25, 0.3) is 5.70 Å². The van der Waals surface area contributed by atoms with Gasteiger partial charge < -0.3 is 5.32 Å². The molecule has 28 heavy (non-hydrogen) atoms. The van der Waals surface area contributed by atoms with E-state index in [2.05, 4.69) is 12.2 Å². The van der Waals surface area contributed by atoms with Gasteiger partial charge in [0.05, 0.1) is 0 Å². The molecule has 0 aliphatic heterocycles. The molecule has 0 saturated heterocycles. The van der Waals surface area contributed by atoms with Gasteiger partial charge in [-0.15, -0.1) is 0 Å². The molecule has 2 aromatic carbocycles. The van der Waals surface area contributed by atoms with E-state index in [4.69, 9.17) is 0 Å². The van der Waals surface area contributed by atoms with Crippen LogP contribution in [0.15, 0.2) is 78.8 Å². The van der Waals surface area contributed by atoms with Gasteiger partial charge in [-0.05, 0) is 30.5 Å². The van der Waals surface area contributed by atoms with Crippen molar-refractivity contribution in [2.45, 2.75) is 20.3 Å². The summed E-state index contributed by atoms with van der Waals surface area (Å²) in [5, 5.41) is 3.27. The second-order valence-corrected chi connectivity index (χ2v) is 6.85. The normalized spacial score (nSPS) is 13.5. The number of rotatable bonds is 4. The number of ketones is 2. The minimum atomic E-state index is -0.177. The van der Waals surface area contributed by atoms with Crippen molar-refractivity contribution in [3.05, 3.63) is 101 Å². The van der Waals surface area contributed by atoms with E-state index < -0.39 is 0 Å². The Morgan fingerprint density at radius 1 is 0.821 bits per heavy atom. The Balaban J connectivity index is 1.92. The lowest BCUT2D eigenvalue weighted by Gasteiger charge is -2.19. The van der Waals surface area contributed by atoms with Crippen molar-refractivity contribution in [3.8, 4) is 0 Å². The zero-order chi connectivity index (χ0) is 19.7. The van der Waals surface area contributed by atoms with Crippen LogP contribution in [0, 0.1) is 6.92 Å². The first-order valence-electron chi connectivity index (χ1n) is 9.36. The average Bonchev–Trinajstić information content (AvgIpc) is 2.73. The summed E-state index contributed by atoms with van der Waals surface area (Å²) in [4.78, 5) is 26.7. The number of pyridine rings is 1. The number of anilines is 1. The maximum absolute atomic E-state index is 13.3. The van der Waals surface area contributed by atoms with E-state index >= 15 is 0 Å². The van der Waals surface area contributed by atoms with Gasteiger partial charge in [0, 0.05) is 28.9 Å². The second kappa shape index (κ2) is 7.24. The van der Waals surface area contributed by atoms with Gasteiger partial charge in [-0.3, -0.25) is 9.59 Å². The summed E-state index contributed by atoms with van der Waals surface area (Å²) in [6, 6.07) is 18.7. The number of nitrogens with one attached hydrogen (secondary N) is 1. The number of hydrogen-bond donors (Lipinski definition) is 1. The van der Waals surface area contributed by atoms with Crippen LogP contribution in [0.2, 0.25) is 0 Å². The van der Waals surface area contributed by atoms with Gasteiger partial charge in [-0.1, -0.05) is 49.4 Å². The maximum atomic E-state index is 13.3. The molecule has 1 aromatic heterocycles. The SMILES string of the molecule is CCc1ccccc1NC1=C([n+]2ccc(C)cc2)C(=O)c2ccccc2C1=O. The van der Waals surface area contributed by atoms with Crippen molar-refractivity contribution in [1.29, 1.82) is 0 Å². The lowest BCUT2D eigenvalue weighted by Crippen LogP contribution is -2.42. The molecule has 4 heteroatoms. The smallest absolute Gasteiger partial charge is 0.286 e. The van der Waals surface area contributed by atoms with E-state index in [1.807, 2.05) is 55.7 Å². The molecule has 1 aliphatic rings. The van der Waals surface area contributed by atoms with Gasteiger partial charge in [0.15, 0.2) is 18.1 Å². The Hall–Kier alpha value is -3.53. The molecule has 4 rings (SSSR count). The summed E-state index contributed by atoms with van der Waals surface area (Å²) < 4.78 is 1.72. The monoisotopic (exact) mass is 369 g/mol. The van der Waals surface area contributed by atoms with Gasteiger partial charge >= 0.3 is 0 Å². The van der Waals surface area contributed by atoms with Crippen LogP contribution >= 0.6 is 0 Å². The molecule has 3 aromatic rings. The zero-order valence-corrected chi connectivity index (χ0v) is 15.9. The predicted molar refractivity (Wildman–Crippen MR) is 109 cm³/mol. The Morgan fingerprint density at radius 2 is 1.43 bits per heavy atom. The molecule has 0 fully saturated rings. The van der Waals surface area contributed by atoms with Crippen molar-refractivity contribution in [1.82, 2.24) is 0 Å². The standard InChI is InChI=1S/C24H20N2O2/c1-3-17-8-4-7-11-20(17)25-21-22(26-14-12-16(2)13-15-26)24(28)19-10-6-5-9-18(19)23(21)27/h4-15H,3H2,1-2H3/p+1. The largest absolute Gasteiger partial charge is 0.346 e. The molecule has 138 valence electrons. The van der Waals surface area contributed by atoms with Crippen molar-refractivity contribution in [2.75, 3.05) is 5.32 Å². The fourth-order valence-electron chi connectivity index (χ4n) is 3.46. The molecule has 0 unspecified atom stereocenters. The number of carbonyl (C=O) groups is 2. The van der Waals surface area contributed by atoms with Crippen LogP contribution in [0.5, 0.6) is 0 Å². The number of nitrogens with zero attached hydrogens (tertiary/aromatic N) is 1. The van der Waals surface area contributed by atoms with Gasteiger partial charge in [0.25, 0.3) is 11.5 Å². The van der Waals surface area contributed by atoms with E-state index in [0.717, 1.165) is 23.2 Å². The maximum Gasteiger partial charge on any atom is 0.286 e. The fourth-order valence-corrected chi connectivity index (χ4v) is 3.46. The van der Waals surface area contributed by atoms with E-state index in [1.165, 1.54) is 0 Å². The van der Waals surface area contributed by atoms with E-state index in [9.17, 15) is 9.59 Å². The second-order valence-electron chi connectivity index (χ2n) is 6.85. The minimum Gasteiger partial charge on any atom is -0.346 e. The quantitative estimate of drug-likeness (QED) is 0.701. The van der Waals surface area contributed by atoms with Crippen LogP contribution in [0.3, 0.4) is 0 Å². The van der Waals surface area contributed by atoms with Gasteiger partial charge in [-0.25, -0.2) is 0 Å². The molecule has 0 saturated carbocycles. The highest BCUT2D eigenvalue weighted by molar-refractivity contribution is 6.36. The molecule has 0 spiro atoms. The first kappa shape index (κ1) is 17.9. The van der Waals surface area contributed by atoms with E-state index in [0.29, 0.717) is 22.5 Å². The van der Waals surface area contributed by atoms with Crippen LogP contribution < -0.4 is 9.88 Å². The number of aromatic nitrogens is 1. The molecule has 0 bridgehead atoms. The van der Waals surface area contributed by atoms with Crippen LogP contribution in [0.1, 0.15) is 38.8 Å². The van der Waals surface area contributed by atoms with Gasteiger partial charge in [-0.2, -0.15) is 4.57 Å². The Morgan fingerprint density at radius 3 is 2.11 bits per heavy atom. The molecule has 4 nitrogen and oxygen atoms in total. The first-order chi connectivity index (χ1) is 13.6. The van der Waals surface area contributed by atoms with Gasteiger partial charge in [0.1, 0.15) is 0 Å². The van der Waals surface area contributed by atoms with Crippen molar-refractivity contribution >= 4 is 23.0 Å². The Labute approximate surface area is 164 Å². The highest BCUT2D eigenvalue weighted by atomic mass is 16.1. The number of hydrogen-bond acceptors (Lipinski definition) is 3. The minimum absolute atomic E-state index is 0.166. The molecule has 0 amide bonds. The highest BCUT2D eigenvalue weighted by Gasteiger charge is 2.38. The van der Waals surface area contributed by atoms with Gasteiger partial charge in [0.2, 0.25) is 5.78 Å². The summed E-state index contributed by atoms with van der Waals surface area (Å²) in [7, 11) is 0. The lowest BCUT2D eigenvalue weighted by atomic mass is 9.89. The van der Waals surface area contributed by atoms with Crippen molar-refractivity contribution in [2.24, 2.45) is 0 Å². The molecule has 0 atom stereocenters. The molecule has 0 radical (unpaired) electrons. The summed E-state index contributed by atoms with van der Waals surface area (Å²) in [6.07, 6.45) is 4.45. The lowest BCUT2D eigenvalue weighted by molar-refractivity contribution is -0.577. The summed E-state index contributed by atoms with van der Waals surface area (Å²) in [6.45, 7) is 4.05. The third kappa shape index (κ3) is 3.03. The van der Waals surface area contributed by atoms with Crippen molar-refractivity contribution < 1.29 is 14.2 Å². The third-order valence-electron chi connectivity index (χ3n) is 5.01. The first-order valence-corrected chi connectivity index (χ1v) is 9.36. The molecule has 1 heterocycles. The fraction of sp³-hybridized carbons (Fsp3) is 0.125. The topological polar surface area (TPSA) is 50.1 Å². The number of Topliss-reactive ketones (excluding diaryl/α,β-unsaturated/α-hetero) is 2. The third-order valence-corrected chi connectivity index (χ3v) is 5.01. The molecule has 1 aliphatic carbocycles. The van der Waals surface area contributed by atoms with E-state index in [-0.39, 0.29) is 11.6 Å². The summed E-state index contributed by atoms with van der Waals surface area (Å²) in [5.74, 6) is -0.343. The number of aryl methyl sites for hydroxylation is 2. The molecular weight excluding hydrogens is 348 g/mol. The number of para-hydroxylation sites is 1. The van der Waals surface area contributed by atoms with Crippen molar-refractivity contribution in [3.63, 3.8) is 0 Å². The number of carbonyl (C=O) groups excluding carboxylic acids is 2. The number of allylic oxidation sites excluding steroid dienone is 2. The Bertz CT molecular complexity index is 1110. The van der Waals surface area contributed by atoms with E-state index in [1.54, 1.807) is 28.8 Å². The van der Waals surface area contributed by atoms with Crippen LogP contribution in [-0.4, -0.2) is 11.6 Å². The predicted octanol–water partition coefficient (Wildman–Crippen LogP) is 4.20.